The largest absolute Gasteiger partial charge is 0.326 e. The van der Waals surface area contributed by atoms with Gasteiger partial charge in [0.1, 0.15) is 4.90 Å². The van der Waals surface area contributed by atoms with E-state index in [1.54, 1.807) is 0 Å². The topological polar surface area (TPSA) is 135 Å². The third kappa shape index (κ3) is 2.77. The summed E-state index contributed by atoms with van der Waals surface area (Å²) in [5, 5.41) is 0. The zero-order valence-corrected chi connectivity index (χ0v) is 9.42. The summed E-state index contributed by atoms with van der Waals surface area (Å²) in [5.74, 6) is 0. The van der Waals surface area contributed by atoms with E-state index >= 15 is 0 Å². The van der Waals surface area contributed by atoms with Gasteiger partial charge in [-0.15, -0.1) is 0 Å². The van der Waals surface area contributed by atoms with Gasteiger partial charge in [0.05, 0.1) is 4.90 Å². The number of hydrogen-bond acceptors (Lipinski definition) is 5. The van der Waals surface area contributed by atoms with Crippen LogP contribution in [0.4, 0.5) is 0 Å². The van der Waals surface area contributed by atoms with Gasteiger partial charge in [-0.2, -0.15) is 16.8 Å². The van der Waals surface area contributed by atoms with E-state index in [1.165, 1.54) is 0 Å². The predicted molar refractivity (Wildman–Crippen MR) is 52.8 cm³/mol. The zero-order valence-electron chi connectivity index (χ0n) is 7.78. The third-order valence-corrected chi connectivity index (χ3v) is 3.47. The van der Waals surface area contributed by atoms with Crippen molar-refractivity contribution in [3.8, 4) is 0 Å². The summed E-state index contributed by atoms with van der Waals surface area (Å²) in [4.78, 5) is -1.15. The van der Waals surface area contributed by atoms with Crippen LogP contribution in [0.3, 0.4) is 0 Å². The molecular weight excluding hydrogens is 258 g/mol. The van der Waals surface area contributed by atoms with E-state index < -0.39 is 30.0 Å². The maximum Gasteiger partial charge on any atom is 0.295 e. The molecule has 4 N–H and O–H groups in total. The molecule has 0 atom stereocenters. The van der Waals surface area contributed by atoms with Crippen molar-refractivity contribution in [2.45, 2.75) is 16.3 Å². The summed E-state index contributed by atoms with van der Waals surface area (Å²) < 4.78 is 60.6. The van der Waals surface area contributed by atoms with Gasteiger partial charge in [0.2, 0.25) is 0 Å². The summed E-state index contributed by atoms with van der Waals surface area (Å²) >= 11 is 0. The van der Waals surface area contributed by atoms with Crippen molar-refractivity contribution in [3.05, 3.63) is 23.8 Å². The van der Waals surface area contributed by atoms with Crippen molar-refractivity contribution in [3.63, 3.8) is 0 Å². The Kier molecular flexibility index (Phi) is 3.35. The van der Waals surface area contributed by atoms with Gasteiger partial charge < -0.3 is 5.73 Å². The van der Waals surface area contributed by atoms with Crippen LogP contribution in [0.25, 0.3) is 0 Å². The highest BCUT2D eigenvalue weighted by molar-refractivity contribution is 7.86. The molecule has 0 bridgehead atoms. The molecule has 0 amide bonds. The van der Waals surface area contributed by atoms with Crippen molar-refractivity contribution < 1.29 is 25.9 Å². The SMILES string of the molecule is NCc1cc(S(=O)(=O)O)[c]cc1S(=O)(=O)O. The number of benzene rings is 1. The standard InChI is InChI=1S/C7H8NO6S2/c8-4-5-3-6(15(9,10)11)1-2-7(5)16(12,13)14/h2-3H,4,8H2,(H,9,10,11)(H,12,13,14). The summed E-state index contributed by atoms with van der Waals surface area (Å²) in [7, 11) is -8.98. The molecule has 0 spiro atoms. The minimum atomic E-state index is -4.50. The van der Waals surface area contributed by atoms with Gasteiger partial charge in [-0.1, -0.05) is 0 Å². The summed E-state index contributed by atoms with van der Waals surface area (Å²) in [5.41, 5.74) is 5.06. The lowest BCUT2D eigenvalue weighted by Gasteiger charge is -2.05. The Balaban J connectivity index is 3.52. The lowest BCUT2D eigenvalue weighted by atomic mass is 10.2. The maximum absolute atomic E-state index is 10.8. The molecule has 16 heavy (non-hydrogen) atoms. The highest BCUT2D eigenvalue weighted by atomic mass is 32.2. The van der Waals surface area contributed by atoms with Gasteiger partial charge in [0.15, 0.2) is 0 Å². The second-order valence-corrected chi connectivity index (χ2v) is 5.62. The number of rotatable bonds is 3. The van der Waals surface area contributed by atoms with E-state index in [0.717, 1.165) is 12.1 Å². The third-order valence-electron chi connectivity index (χ3n) is 1.74. The van der Waals surface area contributed by atoms with Crippen LogP contribution in [0.1, 0.15) is 5.56 Å². The molecule has 89 valence electrons. The first kappa shape index (κ1) is 13.1. The molecule has 0 aromatic heterocycles. The van der Waals surface area contributed by atoms with Gasteiger partial charge in [0.25, 0.3) is 20.2 Å². The Morgan fingerprint density at radius 3 is 2.12 bits per heavy atom. The fraction of sp³-hybridized carbons (Fsp3) is 0.143. The van der Waals surface area contributed by atoms with Crippen molar-refractivity contribution >= 4 is 20.2 Å². The first-order valence-corrected chi connectivity index (χ1v) is 6.74. The van der Waals surface area contributed by atoms with Crippen LogP contribution in [-0.2, 0) is 26.8 Å². The van der Waals surface area contributed by atoms with E-state index in [4.69, 9.17) is 14.8 Å². The van der Waals surface area contributed by atoms with Crippen LogP contribution >= 0.6 is 0 Å². The van der Waals surface area contributed by atoms with Gasteiger partial charge in [-0.25, -0.2) is 0 Å². The normalized spacial score (nSPS) is 12.7. The molecule has 1 aromatic rings. The molecule has 1 radical (unpaired) electrons. The summed E-state index contributed by atoms with van der Waals surface area (Å²) in [6.07, 6.45) is 0. The minimum absolute atomic E-state index is 0.131. The van der Waals surface area contributed by atoms with E-state index in [-0.39, 0.29) is 12.1 Å². The molecule has 1 rings (SSSR count). The summed E-state index contributed by atoms with van der Waals surface area (Å²) in [6, 6.07) is 3.59. The highest BCUT2D eigenvalue weighted by Gasteiger charge is 2.18. The molecule has 0 aliphatic rings. The molecule has 0 heterocycles. The van der Waals surface area contributed by atoms with E-state index in [0.29, 0.717) is 0 Å². The van der Waals surface area contributed by atoms with E-state index in [1.807, 2.05) is 6.07 Å². The van der Waals surface area contributed by atoms with Crippen LogP contribution in [0.15, 0.2) is 21.9 Å². The molecule has 0 saturated carbocycles. The fourth-order valence-electron chi connectivity index (χ4n) is 1.05. The van der Waals surface area contributed by atoms with E-state index in [2.05, 4.69) is 0 Å². The van der Waals surface area contributed by atoms with Crippen LogP contribution < -0.4 is 5.73 Å². The predicted octanol–water partition coefficient (Wildman–Crippen LogP) is -0.561. The summed E-state index contributed by atoms with van der Waals surface area (Å²) in [6.45, 7) is -0.313. The highest BCUT2D eigenvalue weighted by Crippen LogP contribution is 2.19. The van der Waals surface area contributed by atoms with Crippen LogP contribution in [0, 0.1) is 6.07 Å². The quantitative estimate of drug-likeness (QED) is 0.624. The van der Waals surface area contributed by atoms with Gasteiger partial charge in [-0.3, -0.25) is 9.11 Å². The van der Waals surface area contributed by atoms with Crippen molar-refractivity contribution in [2.75, 3.05) is 0 Å². The Bertz CT molecular complexity index is 604. The first-order valence-electron chi connectivity index (χ1n) is 3.86. The Labute approximate surface area is 92.4 Å². The average molecular weight is 266 g/mol. The number of hydrogen-bond donors (Lipinski definition) is 3. The zero-order chi connectivity index (χ0) is 12.6. The Morgan fingerprint density at radius 2 is 1.75 bits per heavy atom. The lowest BCUT2D eigenvalue weighted by Crippen LogP contribution is -2.09. The van der Waals surface area contributed by atoms with Crippen LogP contribution in [-0.4, -0.2) is 25.9 Å². The van der Waals surface area contributed by atoms with Crippen LogP contribution in [0.5, 0.6) is 0 Å². The monoisotopic (exact) mass is 266 g/mol. The first-order chi connectivity index (χ1) is 7.16. The maximum atomic E-state index is 10.8. The van der Waals surface area contributed by atoms with Crippen LogP contribution in [0.2, 0.25) is 0 Å². The van der Waals surface area contributed by atoms with E-state index in [9.17, 15) is 16.8 Å². The molecule has 0 unspecified atom stereocenters. The van der Waals surface area contributed by atoms with Crippen molar-refractivity contribution in [1.29, 1.82) is 0 Å². The second-order valence-electron chi connectivity index (χ2n) is 2.84. The minimum Gasteiger partial charge on any atom is -0.326 e. The van der Waals surface area contributed by atoms with Gasteiger partial charge in [-0.05, 0) is 17.7 Å². The second kappa shape index (κ2) is 4.11. The molecule has 0 aliphatic heterocycles. The molecule has 9 heteroatoms. The smallest absolute Gasteiger partial charge is 0.295 e. The van der Waals surface area contributed by atoms with Crippen molar-refractivity contribution in [2.24, 2.45) is 5.73 Å². The molecule has 0 fully saturated rings. The lowest BCUT2D eigenvalue weighted by molar-refractivity contribution is 0.477. The molecule has 7 nitrogen and oxygen atoms in total. The molecular formula is C7H8NO6S2. The van der Waals surface area contributed by atoms with Crippen molar-refractivity contribution in [1.82, 2.24) is 0 Å². The molecule has 0 aliphatic carbocycles. The van der Waals surface area contributed by atoms with Gasteiger partial charge in [0, 0.05) is 12.6 Å². The fourth-order valence-corrected chi connectivity index (χ4v) is 2.23. The average Bonchev–Trinajstić information content (AvgIpc) is 2.14. The molecule has 0 saturated heterocycles. The van der Waals surface area contributed by atoms with Gasteiger partial charge >= 0.3 is 0 Å². The number of nitrogens with two attached hydrogens (primary N) is 1. The Hall–Kier alpha value is -1.00. The Morgan fingerprint density at radius 1 is 1.19 bits per heavy atom. The molecule has 1 aromatic carbocycles.